The van der Waals surface area contributed by atoms with Crippen LogP contribution >= 0.6 is 0 Å². The minimum Gasteiger partial charge on any atom is -0.394 e. The maximum Gasteiger partial charge on any atom is 0.172 e. The number of hydrogen-bond donors (Lipinski definition) is 1. The summed E-state index contributed by atoms with van der Waals surface area (Å²) in [7, 11) is -3.16. The van der Waals surface area contributed by atoms with E-state index < -0.39 is 9.84 Å². The molecule has 0 aromatic heterocycles. The van der Waals surface area contributed by atoms with Crippen molar-refractivity contribution in [1.82, 2.24) is 4.90 Å². The molecule has 5 nitrogen and oxygen atoms in total. The molecule has 0 radical (unpaired) electrons. The fourth-order valence-electron chi connectivity index (χ4n) is 2.02. The van der Waals surface area contributed by atoms with E-state index in [1.54, 1.807) is 0 Å². The van der Waals surface area contributed by atoms with E-state index in [1.807, 2.05) is 18.7 Å². The summed E-state index contributed by atoms with van der Waals surface area (Å²) in [6.07, 6.45) is -0.245. The molecule has 0 spiro atoms. The van der Waals surface area contributed by atoms with Gasteiger partial charge in [0.1, 0.15) is 0 Å². The van der Waals surface area contributed by atoms with Gasteiger partial charge in [-0.15, -0.1) is 0 Å². The average Bonchev–Trinajstić information content (AvgIpc) is 2.24. The lowest BCUT2D eigenvalue weighted by Crippen LogP contribution is -2.54. The van der Waals surface area contributed by atoms with E-state index in [1.165, 1.54) is 0 Å². The monoisotopic (exact) mass is 263 g/mol. The molecule has 1 unspecified atom stereocenters. The predicted octanol–water partition coefficient (Wildman–Crippen LogP) is 0.0164. The Hall–Kier alpha value is -0.430. The third kappa shape index (κ3) is 4.75. The number of sulfone groups is 1. The molecule has 0 bridgehead atoms. The summed E-state index contributed by atoms with van der Waals surface area (Å²) in [6, 6.07) is 0. The SMILES string of the molecule is C=CS(=O)(=O)CCN1CC(CO)OC(C)(C)C1. The summed E-state index contributed by atoms with van der Waals surface area (Å²) in [4.78, 5) is 2.01. The maximum absolute atomic E-state index is 11.3. The summed E-state index contributed by atoms with van der Waals surface area (Å²) in [5, 5.41) is 10.1. The largest absolute Gasteiger partial charge is 0.394 e. The standard InChI is InChI=1S/C11H21NO4S/c1-4-17(14,15)6-5-12-7-10(8-13)16-11(2,3)9-12/h4,10,13H,1,5-9H2,2-3H3. The highest BCUT2D eigenvalue weighted by molar-refractivity contribution is 7.94. The van der Waals surface area contributed by atoms with Crippen molar-refractivity contribution in [2.75, 3.05) is 32.0 Å². The first kappa shape index (κ1) is 14.6. The van der Waals surface area contributed by atoms with Crippen molar-refractivity contribution < 1.29 is 18.3 Å². The Labute approximate surface area is 103 Å². The van der Waals surface area contributed by atoms with Gasteiger partial charge in [-0.1, -0.05) is 6.58 Å². The molecule has 0 amide bonds. The number of morpholine rings is 1. The molecule has 1 aliphatic heterocycles. The zero-order valence-corrected chi connectivity index (χ0v) is 11.2. The first-order chi connectivity index (χ1) is 7.78. The molecule has 1 rings (SSSR count). The molecule has 1 heterocycles. The Bertz CT molecular complexity index is 364. The van der Waals surface area contributed by atoms with E-state index in [0.29, 0.717) is 19.6 Å². The van der Waals surface area contributed by atoms with E-state index in [4.69, 9.17) is 9.84 Å². The van der Waals surface area contributed by atoms with Crippen LogP contribution in [-0.2, 0) is 14.6 Å². The number of ether oxygens (including phenoxy) is 1. The summed E-state index contributed by atoms with van der Waals surface area (Å²) in [6.45, 7) is 8.77. The number of aliphatic hydroxyl groups is 1. The van der Waals surface area contributed by atoms with Crippen LogP contribution in [0.3, 0.4) is 0 Å². The molecule has 1 aliphatic rings. The van der Waals surface area contributed by atoms with Gasteiger partial charge in [0.05, 0.1) is 24.1 Å². The van der Waals surface area contributed by atoms with Gasteiger partial charge >= 0.3 is 0 Å². The molecule has 0 aromatic rings. The molecule has 1 fully saturated rings. The van der Waals surface area contributed by atoms with Crippen LogP contribution in [0.2, 0.25) is 0 Å². The number of rotatable bonds is 5. The smallest absolute Gasteiger partial charge is 0.172 e. The van der Waals surface area contributed by atoms with Crippen molar-refractivity contribution in [3.63, 3.8) is 0 Å². The molecule has 1 N–H and O–H groups in total. The fourth-order valence-corrected chi connectivity index (χ4v) is 2.70. The van der Waals surface area contributed by atoms with Gasteiger partial charge in [0.15, 0.2) is 9.84 Å². The van der Waals surface area contributed by atoms with Gasteiger partial charge in [0.2, 0.25) is 0 Å². The van der Waals surface area contributed by atoms with Crippen LogP contribution in [-0.4, -0.2) is 62.1 Å². The first-order valence-electron chi connectivity index (χ1n) is 5.64. The van der Waals surface area contributed by atoms with Gasteiger partial charge < -0.3 is 9.84 Å². The summed E-state index contributed by atoms with van der Waals surface area (Å²) in [5.74, 6) is 0.0602. The third-order valence-electron chi connectivity index (χ3n) is 2.70. The van der Waals surface area contributed by atoms with Crippen molar-refractivity contribution in [3.05, 3.63) is 12.0 Å². The number of aliphatic hydroxyl groups excluding tert-OH is 1. The Balaban J connectivity index is 2.56. The summed E-state index contributed by atoms with van der Waals surface area (Å²) < 4.78 is 28.3. The van der Waals surface area contributed by atoms with E-state index in [9.17, 15) is 8.42 Å². The molecule has 0 aromatic carbocycles. The lowest BCUT2D eigenvalue weighted by Gasteiger charge is -2.42. The summed E-state index contributed by atoms with van der Waals surface area (Å²) >= 11 is 0. The molecule has 100 valence electrons. The van der Waals surface area contributed by atoms with Crippen molar-refractivity contribution in [1.29, 1.82) is 0 Å². The number of nitrogens with zero attached hydrogens (tertiary/aromatic N) is 1. The van der Waals surface area contributed by atoms with Crippen LogP contribution in [0, 0.1) is 0 Å². The second-order valence-electron chi connectivity index (χ2n) is 4.95. The Morgan fingerprint density at radius 3 is 2.76 bits per heavy atom. The van der Waals surface area contributed by atoms with E-state index >= 15 is 0 Å². The van der Waals surface area contributed by atoms with Crippen LogP contribution in [0.15, 0.2) is 12.0 Å². The van der Waals surface area contributed by atoms with E-state index in [-0.39, 0.29) is 24.1 Å². The quantitative estimate of drug-likeness (QED) is 0.757. The van der Waals surface area contributed by atoms with Gasteiger partial charge in [-0.05, 0) is 13.8 Å². The van der Waals surface area contributed by atoms with Crippen LogP contribution in [0.1, 0.15) is 13.8 Å². The second-order valence-corrected chi connectivity index (χ2v) is 7.02. The van der Waals surface area contributed by atoms with Crippen molar-refractivity contribution in [2.24, 2.45) is 0 Å². The molecule has 6 heteroatoms. The molecule has 1 saturated heterocycles. The van der Waals surface area contributed by atoms with Gasteiger partial charge in [0, 0.05) is 25.0 Å². The Morgan fingerprint density at radius 1 is 1.59 bits per heavy atom. The van der Waals surface area contributed by atoms with Crippen LogP contribution < -0.4 is 0 Å². The predicted molar refractivity (Wildman–Crippen MR) is 66.5 cm³/mol. The molecular formula is C11H21NO4S. The van der Waals surface area contributed by atoms with Crippen LogP contribution in [0.4, 0.5) is 0 Å². The average molecular weight is 263 g/mol. The van der Waals surface area contributed by atoms with E-state index in [2.05, 4.69) is 6.58 Å². The zero-order chi connectivity index (χ0) is 13.1. The van der Waals surface area contributed by atoms with Gasteiger partial charge in [-0.25, -0.2) is 8.42 Å². The van der Waals surface area contributed by atoms with Crippen LogP contribution in [0.5, 0.6) is 0 Å². The highest BCUT2D eigenvalue weighted by Gasteiger charge is 2.33. The van der Waals surface area contributed by atoms with Gasteiger partial charge in [-0.3, -0.25) is 4.90 Å². The van der Waals surface area contributed by atoms with Crippen LogP contribution in [0.25, 0.3) is 0 Å². The number of hydrogen-bond acceptors (Lipinski definition) is 5. The van der Waals surface area contributed by atoms with Crippen molar-refractivity contribution in [3.8, 4) is 0 Å². The van der Waals surface area contributed by atoms with Gasteiger partial charge in [0.25, 0.3) is 0 Å². The highest BCUT2D eigenvalue weighted by atomic mass is 32.2. The lowest BCUT2D eigenvalue weighted by molar-refractivity contribution is -0.147. The minimum absolute atomic E-state index is 0.0475. The fraction of sp³-hybridized carbons (Fsp3) is 0.818. The van der Waals surface area contributed by atoms with Crippen molar-refractivity contribution >= 4 is 9.84 Å². The molecular weight excluding hydrogens is 242 g/mol. The van der Waals surface area contributed by atoms with Gasteiger partial charge in [-0.2, -0.15) is 0 Å². The topological polar surface area (TPSA) is 66.8 Å². The zero-order valence-electron chi connectivity index (χ0n) is 10.4. The second kappa shape index (κ2) is 5.48. The lowest BCUT2D eigenvalue weighted by atomic mass is 10.1. The first-order valence-corrected chi connectivity index (χ1v) is 7.36. The Kier molecular flexibility index (Phi) is 4.71. The molecule has 0 saturated carbocycles. The highest BCUT2D eigenvalue weighted by Crippen LogP contribution is 2.20. The molecule has 1 atom stereocenters. The molecule has 0 aliphatic carbocycles. The summed E-state index contributed by atoms with van der Waals surface area (Å²) in [5.41, 5.74) is -0.358. The van der Waals surface area contributed by atoms with E-state index in [0.717, 1.165) is 5.41 Å². The third-order valence-corrected chi connectivity index (χ3v) is 3.96. The molecule has 17 heavy (non-hydrogen) atoms. The van der Waals surface area contributed by atoms with Crippen molar-refractivity contribution in [2.45, 2.75) is 25.6 Å². The minimum atomic E-state index is -3.16. The Morgan fingerprint density at radius 2 is 2.24 bits per heavy atom. The normalized spacial score (nSPS) is 25.7. The maximum atomic E-state index is 11.3.